The van der Waals surface area contributed by atoms with Gasteiger partial charge in [0.1, 0.15) is 10.5 Å². The molecule has 0 spiro atoms. The number of sulfonamides is 1. The predicted octanol–water partition coefficient (Wildman–Crippen LogP) is 1.67. The molecular formula is C15H21N3O3S2. The van der Waals surface area contributed by atoms with Gasteiger partial charge in [-0.1, -0.05) is 6.07 Å². The first-order valence-electron chi connectivity index (χ1n) is 7.52. The Morgan fingerprint density at radius 1 is 1.48 bits per heavy atom. The molecule has 2 aromatic rings. The number of aromatic nitrogens is 2. The molecule has 1 atom stereocenters. The summed E-state index contributed by atoms with van der Waals surface area (Å²) < 4.78 is 29.5. The monoisotopic (exact) mass is 355 g/mol. The van der Waals surface area contributed by atoms with E-state index in [-0.39, 0.29) is 17.4 Å². The van der Waals surface area contributed by atoms with Gasteiger partial charge in [0.05, 0.1) is 11.4 Å². The fourth-order valence-electron chi connectivity index (χ4n) is 2.94. The van der Waals surface area contributed by atoms with Crippen molar-refractivity contribution < 1.29 is 13.5 Å². The van der Waals surface area contributed by atoms with Gasteiger partial charge in [-0.15, -0.1) is 11.3 Å². The molecule has 1 fully saturated rings. The van der Waals surface area contributed by atoms with E-state index in [1.807, 2.05) is 17.5 Å². The van der Waals surface area contributed by atoms with Crippen molar-refractivity contribution in [3.8, 4) is 0 Å². The molecule has 1 aliphatic carbocycles. The van der Waals surface area contributed by atoms with E-state index in [0.717, 1.165) is 17.7 Å². The van der Waals surface area contributed by atoms with Crippen molar-refractivity contribution >= 4 is 21.4 Å². The van der Waals surface area contributed by atoms with Gasteiger partial charge in [0.2, 0.25) is 10.0 Å². The van der Waals surface area contributed by atoms with Crippen molar-refractivity contribution in [1.82, 2.24) is 14.5 Å². The first-order chi connectivity index (χ1) is 10.8. The maximum absolute atomic E-state index is 12.7. The molecule has 126 valence electrons. The fourth-order valence-corrected chi connectivity index (χ4v) is 5.35. The van der Waals surface area contributed by atoms with Crippen LogP contribution in [0.2, 0.25) is 0 Å². The number of hydrogen-bond donors (Lipinski definition) is 2. The van der Waals surface area contributed by atoms with Crippen molar-refractivity contribution in [2.45, 2.75) is 37.2 Å². The van der Waals surface area contributed by atoms with Gasteiger partial charge in [-0.05, 0) is 44.1 Å². The third kappa shape index (κ3) is 2.96. The van der Waals surface area contributed by atoms with Gasteiger partial charge in [0.15, 0.2) is 0 Å². The summed E-state index contributed by atoms with van der Waals surface area (Å²) in [6.07, 6.45) is 1.84. The minimum atomic E-state index is -3.72. The Labute approximate surface area is 140 Å². The molecule has 3 rings (SSSR count). The number of aliphatic hydroxyl groups is 1. The zero-order chi connectivity index (χ0) is 16.8. The highest BCUT2D eigenvalue weighted by Gasteiger charge is 2.46. The highest BCUT2D eigenvalue weighted by Crippen LogP contribution is 2.46. The fraction of sp³-hybridized carbons (Fsp3) is 0.533. The van der Waals surface area contributed by atoms with Crippen molar-refractivity contribution in [2.24, 2.45) is 13.0 Å². The van der Waals surface area contributed by atoms with E-state index in [1.54, 1.807) is 25.6 Å². The maximum Gasteiger partial charge on any atom is 0.244 e. The van der Waals surface area contributed by atoms with Crippen LogP contribution < -0.4 is 4.72 Å². The third-order valence-electron chi connectivity index (χ3n) is 4.44. The standard InChI is InChI=1S/C15H21N3O3S2/c1-10-14(11(2)18(3)17-10)23(20,21)16-9-15(19,12-6-7-12)13-5-4-8-22-13/h4-5,8,12,16,19H,6-7,9H2,1-3H3. The summed E-state index contributed by atoms with van der Waals surface area (Å²) in [6, 6.07) is 3.73. The number of thiophene rings is 1. The zero-order valence-electron chi connectivity index (χ0n) is 13.4. The predicted molar refractivity (Wildman–Crippen MR) is 88.8 cm³/mol. The quantitative estimate of drug-likeness (QED) is 0.826. The zero-order valence-corrected chi connectivity index (χ0v) is 15.0. The van der Waals surface area contributed by atoms with Gasteiger partial charge in [-0.25, -0.2) is 13.1 Å². The van der Waals surface area contributed by atoms with Gasteiger partial charge in [-0.3, -0.25) is 4.68 Å². The molecule has 2 aromatic heterocycles. The van der Waals surface area contributed by atoms with Crippen molar-refractivity contribution in [3.05, 3.63) is 33.8 Å². The largest absolute Gasteiger partial charge is 0.383 e. The van der Waals surface area contributed by atoms with E-state index in [9.17, 15) is 13.5 Å². The van der Waals surface area contributed by atoms with Crippen LogP contribution >= 0.6 is 11.3 Å². The van der Waals surface area contributed by atoms with Crippen LogP contribution in [0.4, 0.5) is 0 Å². The summed E-state index contributed by atoms with van der Waals surface area (Å²) in [7, 11) is -2.00. The maximum atomic E-state index is 12.7. The number of nitrogens with zero attached hydrogens (tertiary/aromatic N) is 2. The molecule has 1 unspecified atom stereocenters. The van der Waals surface area contributed by atoms with Crippen LogP contribution in [0.1, 0.15) is 29.1 Å². The molecule has 0 radical (unpaired) electrons. The molecule has 1 aliphatic rings. The molecule has 0 bridgehead atoms. The average Bonchev–Trinajstić information content (AvgIpc) is 3.12. The molecule has 0 aliphatic heterocycles. The lowest BCUT2D eigenvalue weighted by atomic mass is 9.96. The Kier molecular flexibility index (Phi) is 4.12. The number of aryl methyl sites for hydroxylation is 2. The van der Waals surface area contributed by atoms with Crippen molar-refractivity contribution in [3.63, 3.8) is 0 Å². The second-order valence-electron chi connectivity index (χ2n) is 6.12. The molecule has 0 amide bonds. The highest BCUT2D eigenvalue weighted by molar-refractivity contribution is 7.89. The van der Waals surface area contributed by atoms with Crippen LogP contribution in [-0.4, -0.2) is 29.8 Å². The Bertz CT molecular complexity index is 807. The molecular weight excluding hydrogens is 334 g/mol. The van der Waals surface area contributed by atoms with Crippen LogP contribution in [-0.2, 0) is 22.7 Å². The molecule has 8 heteroatoms. The summed E-state index contributed by atoms with van der Waals surface area (Å²) in [5.41, 5.74) is -0.0877. The van der Waals surface area contributed by atoms with E-state index in [1.165, 1.54) is 11.3 Å². The van der Waals surface area contributed by atoms with Crippen LogP contribution in [0.3, 0.4) is 0 Å². The van der Waals surface area contributed by atoms with E-state index < -0.39 is 15.6 Å². The first-order valence-corrected chi connectivity index (χ1v) is 9.88. The Hall–Kier alpha value is -1.22. The lowest BCUT2D eigenvalue weighted by molar-refractivity contribution is 0.0222. The van der Waals surface area contributed by atoms with Crippen molar-refractivity contribution in [2.75, 3.05) is 6.54 Å². The first kappa shape index (κ1) is 16.6. The highest BCUT2D eigenvalue weighted by atomic mass is 32.2. The molecule has 2 heterocycles. The summed E-state index contributed by atoms with van der Waals surface area (Å²) in [5.74, 6) is 0.111. The lowest BCUT2D eigenvalue weighted by Crippen LogP contribution is -2.42. The molecule has 2 N–H and O–H groups in total. The van der Waals surface area contributed by atoms with Crippen molar-refractivity contribution in [1.29, 1.82) is 0 Å². The molecule has 23 heavy (non-hydrogen) atoms. The number of nitrogens with one attached hydrogen (secondary N) is 1. The van der Waals surface area contributed by atoms with Crippen LogP contribution in [0.25, 0.3) is 0 Å². The second kappa shape index (κ2) is 5.70. The summed E-state index contributed by atoms with van der Waals surface area (Å²) in [6.45, 7) is 3.38. The van der Waals surface area contributed by atoms with Gasteiger partial charge in [0.25, 0.3) is 0 Å². The van der Waals surface area contributed by atoms with Crippen LogP contribution in [0.15, 0.2) is 22.4 Å². The number of hydrogen-bond acceptors (Lipinski definition) is 5. The topological polar surface area (TPSA) is 84.2 Å². The second-order valence-corrected chi connectivity index (χ2v) is 8.78. The minimum absolute atomic E-state index is 0.0196. The van der Waals surface area contributed by atoms with Crippen LogP contribution in [0, 0.1) is 19.8 Å². The van der Waals surface area contributed by atoms with E-state index in [4.69, 9.17) is 0 Å². The van der Waals surface area contributed by atoms with E-state index >= 15 is 0 Å². The lowest BCUT2D eigenvalue weighted by Gasteiger charge is -2.27. The molecule has 1 saturated carbocycles. The van der Waals surface area contributed by atoms with E-state index in [0.29, 0.717) is 11.4 Å². The normalized spacial score (nSPS) is 18.1. The molecule has 6 nitrogen and oxygen atoms in total. The molecule has 0 aromatic carbocycles. The summed E-state index contributed by atoms with van der Waals surface area (Å²) >= 11 is 1.45. The van der Waals surface area contributed by atoms with Gasteiger partial charge >= 0.3 is 0 Å². The van der Waals surface area contributed by atoms with Gasteiger partial charge in [-0.2, -0.15) is 5.10 Å². The average molecular weight is 355 g/mol. The SMILES string of the molecule is Cc1nn(C)c(C)c1S(=O)(=O)NCC(O)(c1cccs1)C1CC1. The Morgan fingerprint density at radius 2 is 2.17 bits per heavy atom. The summed E-state index contributed by atoms with van der Waals surface area (Å²) in [4.78, 5) is 1.01. The van der Waals surface area contributed by atoms with Crippen LogP contribution in [0.5, 0.6) is 0 Å². The third-order valence-corrected chi connectivity index (χ3v) is 7.13. The van der Waals surface area contributed by atoms with Gasteiger partial charge in [0, 0.05) is 18.5 Å². The van der Waals surface area contributed by atoms with Gasteiger partial charge < -0.3 is 5.11 Å². The molecule has 0 saturated heterocycles. The smallest absolute Gasteiger partial charge is 0.244 e. The Balaban J connectivity index is 1.86. The van der Waals surface area contributed by atoms with E-state index in [2.05, 4.69) is 9.82 Å². The minimum Gasteiger partial charge on any atom is -0.383 e. The summed E-state index contributed by atoms with van der Waals surface area (Å²) in [5, 5.41) is 17.1. The number of rotatable bonds is 6. The Morgan fingerprint density at radius 3 is 2.65 bits per heavy atom.